The minimum Gasteiger partial charge on any atom is -0.391 e. The van der Waals surface area contributed by atoms with Gasteiger partial charge in [-0.1, -0.05) is 103 Å². The predicted octanol–water partition coefficient (Wildman–Crippen LogP) is 5.31. The number of carbonyl (C=O) groups excluding carboxylic acids is 1. The van der Waals surface area contributed by atoms with Crippen LogP contribution in [0.2, 0.25) is 0 Å². The van der Waals surface area contributed by atoms with Gasteiger partial charge in [-0.25, -0.2) is 0 Å². The first-order valence-electron chi connectivity index (χ1n) is 13.5. The number of carbonyl (C=O) groups is 1. The fraction of sp³-hybridized carbons (Fsp3) is 0.885. The van der Waals surface area contributed by atoms with Gasteiger partial charge >= 0.3 is 0 Å². The average molecular weight is 506 g/mol. The smallest absolute Gasteiger partial charge is 0.266 e. The van der Waals surface area contributed by atoms with Gasteiger partial charge in [0.25, 0.3) is 10.1 Å². The van der Waals surface area contributed by atoms with E-state index in [2.05, 4.69) is 25.2 Å². The van der Waals surface area contributed by atoms with E-state index in [1.165, 1.54) is 51.4 Å². The number of aliphatic hydroxyl groups excluding tert-OH is 2. The van der Waals surface area contributed by atoms with E-state index in [9.17, 15) is 28.0 Å². The molecule has 0 aromatic rings. The molecule has 3 unspecified atom stereocenters. The summed E-state index contributed by atoms with van der Waals surface area (Å²) in [5.74, 6) is -1.50. The zero-order valence-corrected chi connectivity index (χ0v) is 22.4. The van der Waals surface area contributed by atoms with Crippen molar-refractivity contribution in [1.29, 1.82) is 0 Å². The Morgan fingerprint density at radius 2 is 1.26 bits per heavy atom. The van der Waals surface area contributed by atoms with Crippen molar-refractivity contribution in [2.45, 2.75) is 141 Å². The summed E-state index contributed by atoms with van der Waals surface area (Å²) < 4.78 is 32.0. The summed E-state index contributed by atoms with van der Waals surface area (Å²) in [7, 11) is -4.39. The lowest BCUT2D eigenvalue weighted by molar-refractivity contribution is -0.131. The molecule has 0 aliphatic heterocycles. The zero-order chi connectivity index (χ0) is 25.7. The first-order chi connectivity index (χ1) is 16.2. The average Bonchev–Trinajstić information content (AvgIpc) is 2.78. The number of allylic oxidation sites excluding steroid dienone is 2. The molecule has 8 heteroatoms. The summed E-state index contributed by atoms with van der Waals surface area (Å²) in [5.41, 5.74) is 0. The van der Waals surface area contributed by atoms with Gasteiger partial charge in [-0.05, 0) is 32.1 Å². The summed E-state index contributed by atoms with van der Waals surface area (Å²) in [4.78, 5) is 12.3. The van der Waals surface area contributed by atoms with E-state index in [-0.39, 0.29) is 6.42 Å². The first kappa shape index (κ1) is 33.0. The number of aliphatic hydroxyl groups is 2. The van der Waals surface area contributed by atoms with E-state index in [1.807, 2.05) is 6.08 Å². The Labute approximate surface area is 208 Å². The van der Waals surface area contributed by atoms with Gasteiger partial charge in [-0.3, -0.25) is 9.35 Å². The second kappa shape index (κ2) is 21.3. The van der Waals surface area contributed by atoms with Crippen LogP contribution in [0.15, 0.2) is 12.2 Å². The summed E-state index contributed by atoms with van der Waals surface area (Å²) in [6.07, 6.45) is 18.4. The van der Waals surface area contributed by atoms with Crippen molar-refractivity contribution in [2.24, 2.45) is 0 Å². The van der Waals surface area contributed by atoms with Crippen molar-refractivity contribution in [1.82, 2.24) is 5.32 Å². The van der Waals surface area contributed by atoms with Crippen LogP contribution < -0.4 is 5.32 Å². The molecule has 0 saturated carbocycles. The number of unbranched alkanes of at least 4 members (excludes halogenated alkanes) is 12. The largest absolute Gasteiger partial charge is 0.391 e. The molecule has 4 N–H and O–H groups in total. The van der Waals surface area contributed by atoms with Gasteiger partial charge in [0.15, 0.2) is 0 Å². The van der Waals surface area contributed by atoms with Gasteiger partial charge in [0, 0.05) is 0 Å². The molecule has 7 nitrogen and oxygen atoms in total. The highest BCUT2D eigenvalue weighted by Gasteiger charge is 2.28. The van der Waals surface area contributed by atoms with E-state index < -0.39 is 40.0 Å². The van der Waals surface area contributed by atoms with Crippen LogP contribution in [0.5, 0.6) is 0 Å². The molecule has 1 amide bonds. The molecule has 0 rings (SSSR count). The van der Waals surface area contributed by atoms with Crippen molar-refractivity contribution in [3.63, 3.8) is 0 Å². The molecule has 0 radical (unpaired) electrons. The monoisotopic (exact) mass is 505 g/mol. The van der Waals surface area contributed by atoms with Crippen LogP contribution in [-0.2, 0) is 14.9 Å². The van der Waals surface area contributed by atoms with Crippen molar-refractivity contribution in [3.8, 4) is 0 Å². The number of hydrogen-bond acceptors (Lipinski definition) is 5. The van der Waals surface area contributed by atoms with Gasteiger partial charge in [0.05, 0.1) is 17.9 Å². The lowest BCUT2D eigenvalue weighted by Crippen LogP contribution is -2.50. The molecule has 0 fully saturated rings. The molecule has 0 heterocycles. The molecule has 0 aliphatic rings. The van der Waals surface area contributed by atoms with Crippen LogP contribution >= 0.6 is 0 Å². The second-order valence-corrected chi connectivity index (χ2v) is 11.0. The van der Waals surface area contributed by atoms with Crippen LogP contribution in [0.1, 0.15) is 123 Å². The fourth-order valence-corrected chi connectivity index (χ4v) is 4.69. The zero-order valence-electron chi connectivity index (χ0n) is 21.6. The van der Waals surface area contributed by atoms with E-state index in [0.717, 1.165) is 32.1 Å². The minimum absolute atomic E-state index is 0.213. The quantitative estimate of drug-likeness (QED) is 0.0847. The van der Waals surface area contributed by atoms with Crippen LogP contribution in [0, 0.1) is 0 Å². The third kappa shape index (κ3) is 20.4. The van der Waals surface area contributed by atoms with Crippen LogP contribution in [0.3, 0.4) is 0 Å². The van der Waals surface area contributed by atoms with Crippen molar-refractivity contribution >= 4 is 16.0 Å². The molecule has 202 valence electrons. The number of amides is 1. The summed E-state index contributed by atoms with van der Waals surface area (Å²) in [6, 6.07) is -1.15. The van der Waals surface area contributed by atoms with Gasteiger partial charge in [-0.2, -0.15) is 8.42 Å². The maximum absolute atomic E-state index is 12.3. The highest BCUT2D eigenvalue weighted by molar-refractivity contribution is 7.85. The Hall–Kier alpha value is -0.960. The molecule has 0 spiro atoms. The van der Waals surface area contributed by atoms with E-state index >= 15 is 0 Å². The van der Waals surface area contributed by atoms with Crippen molar-refractivity contribution in [2.75, 3.05) is 5.75 Å². The molecule has 3 atom stereocenters. The number of rotatable bonds is 23. The van der Waals surface area contributed by atoms with Gasteiger partial charge in [0.1, 0.15) is 6.10 Å². The normalized spacial score (nSPS) is 14.9. The lowest BCUT2D eigenvalue weighted by Gasteiger charge is -2.24. The fourth-order valence-electron chi connectivity index (χ4n) is 3.93. The Morgan fingerprint density at radius 1 is 0.765 bits per heavy atom. The SMILES string of the molecule is CCCCCC/C=C\CCC(O)C(=O)NC(CS(=O)(=O)O)C(O)CCCCCCCCCCC. The standard InChI is InChI=1S/C26H51NO6S/c1-3-5-7-9-11-13-15-16-18-20-24(28)23(22-34(31,32)33)27-26(30)25(29)21-19-17-14-12-10-8-6-4-2/h14,17,23-25,28-29H,3-13,15-16,18-22H2,1-2H3,(H,27,30)(H,31,32,33)/b17-14-. The third-order valence-electron chi connectivity index (χ3n) is 6.09. The molecule has 0 aromatic heterocycles. The van der Waals surface area contributed by atoms with Crippen LogP contribution in [0.25, 0.3) is 0 Å². The van der Waals surface area contributed by atoms with Gasteiger partial charge in [0.2, 0.25) is 5.91 Å². The third-order valence-corrected chi connectivity index (χ3v) is 6.87. The lowest BCUT2D eigenvalue weighted by atomic mass is 10.0. The number of hydrogen-bond donors (Lipinski definition) is 4. The second-order valence-electron chi connectivity index (χ2n) is 9.46. The van der Waals surface area contributed by atoms with Crippen LogP contribution in [0.4, 0.5) is 0 Å². The maximum atomic E-state index is 12.3. The highest BCUT2D eigenvalue weighted by atomic mass is 32.2. The van der Waals surface area contributed by atoms with Crippen LogP contribution in [-0.4, -0.2) is 53.1 Å². The van der Waals surface area contributed by atoms with E-state index in [0.29, 0.717) is 19.3 Å². The summed E-state index contributed by atoms with van der Waals surface area (Å²) >= 11 is 0. The molecule has 34 heavy (non-hydrogen) atoms. The molecular formula is C26H51NO6S. The van der Waals surface area contributed by atoms with Gasteiger partial charge in [-0.15, -0.1) is 0 Å². The first-order valence-corrected chi connectivity index (χ1v) is 15.1. The maximum Gasteiger partial charge on any atom is 0.266 e. The summed E-state index contributed by atoms with van der Waals surface area (Å²) in [5, 5.41) is 23.0. The Balaban J connectivity index is 4.35. The molecular weight excluding hydrogens is 454 g/mol. The number of nitrogens with one attached hydrogen (secondary N) is 1. The Kier molecular flexibility index (Phi) is 20.7. The van der Waals surface area contributed by atoms with E-state index in [1.54, 1.807) is 0 Å². The van der Waals surface area contributed by atoms with Crippen molar-refractivity contribution < 1.29 is 28.0 Å². The van der Waals surface area contributed by atoms with E-state index in [4.69, 9.17) is 0 Å². The molecule has 0 aliphatic carbocycles. The molecule has 0 saturated heterocycles. The minimum atomic E-state index is -4.39. The predicted molar refractivity (Wildman–Crippen MR) is 139 cm³/mol. The Bertz CT molecular complexity index is 623. The van der Waals surface area contributed by atoms with Gasteiger partial charge < -0.3 is 15.5 Å². The topological polar surface area (TPSA) is 124 Å². The molecule has 0 aromatic carbocycles. The summed E-state index contributed by atoms with van der Waals surface area (Å²) in [6.45, 7) is 4.36. The molecule has 0 bridgehead atoms. The van der Waals surface area contributed by atoms with Crippen molar-refractivity contribution in [3.05, 3.63) is 12.2 Å². The Morgan fingerprint density at radius 3 is 1.82 bits per heavy atom. The highest BCUT2D eigenvalue weighted by Crippen LogP contribution is 2.14.